The Morgan fingerprint density at radius 2 is 1.54 bits per heavy atom. The molecule has 1 heterocycles. The standard InChI is InChI=1S/C23H28F6N4O2/c1-21(2,3)19-31-20(32-35-19)33(4)17-7-5-13(6-8-17)12-30-18(34)14-9-15(22(24,25)26)11-16(10-14)23(27,28)29/h9-11,13,17H,5-8,12H2,1-4H3,(H,30,34)/t13-,17-. The summed E-state index contributed by atoms with van der Waals surface area (Å²) < 4.78 is 83.6. The second kappa shape index (κ2) is 9.69. The largest absolute Gasteiger partial charge is 0.416 e. The summed E-state index contributed by atoms with van der Waals surface area (Å²) in [6, 6.07) is 1.02. The van der Waals surface area contributed by atoms with E-state index in [4.69, 9.17) is 4.52 Å². The molecular weight excluding hydrogens is 478 g/mol. The Labute approximate surface area is 199 Å². The van der Waals surface area contributed by atoms with Gasteiger partial charge in [-0.05, 0) is 55.0 Å². The average molecular weight is 506 g/mol. The lowest BCUT2D eigenvalue weighted by atomic mass is 9.85. The summed E-state index contributed by atoms with van der Waals surface area (Å²) in [5.41, 5.74) is -3.98. The zero-order chi connectivity index (χ0) is 26.2. The summed E-state index contributed by atoms with van der Waals surface area (Å²) in [6.07, 6.45) is -7.05. The fraction of sp³-hybridized carbons (Fsp3) is 0.609. The van der Waals surface area contributed by atoms with Gasteiger partial charge in [0.2, 0.25) is 5.89 Å². The summed E-state index contributed by atoms with van der Waals surface area (Å²) in [6.45, 7) is 6.05. The third kappa shape index (κ3) is 6.66. The van der Waals surface area contributed by atoms with Crippen LogP contribution in [0.3, 0.4) is 0 Å². The Bertz CT molecular complexity index is 1000. The molecule has 1 N–H and O–H groups in total. The van der Waals surface area contributed by atoms with Crippen LogP contribution in [0.2, 0.25) is 0 Å². The van der Waals surface area contributed by atoms with Crippen molar-refractivity contribution in [1.29, 1.82) is 0 Å². The zero-order valence-corrected chi connectivity index (χ0v) is 19.8. The van der Waals surface area contributed by atoms with Crippen LogP contribution in [-0.4, -0.2) is 35.7 Å². The quantitative estimate of drug-likeness (QED) is 0.517. The molecule has 0 atom stereocenters. The summed E-state index contributed by atoms with van der Waals surface area (Å²) in [7, 11) is 1.87. The molecule has 35 heavy (non-hydrogen) atoms. The molecule has 2 aromatic rings. The summed E-state index contributed by atoms with van der Waals surface area (Å²) in [5, 5.41) is 6.54. The first-order chi connectivity index (χ1) is 16.1. The van der Waals surface area contributed by atoms with Gasteiger partial charge >= 0.3 is 12.4 Å². The molecule has 1 aromatic carbocycles. The fourth-order valence-corrected chi connectivity index (χ4v) is 3.99. The van der Waals surface area contributed by atoms with Crippen molar-refractivity contribution >= 4 is 11.9 Å². The molecule has 0 bridgehead atoms. The summed E-state index contributed by atoms with van der Waals surface area (Å²) in [5.74, 6) is 0.0879. The maximum Gasteiger partial charge on any atom is 0.416 e. The van der Waals surface area contributed by atoms with Crippen LogP contribution in [0, 0.1) is 5.92 Å². The van der Waals surface area contributed by atoms with Gasteiger partial charge in [-0.3, -0.25) is 4.79 Å². The van der Waals surface area contributed by atoms with Crippen molar-refractivity contribution in [2.45, 2.75) is 70.3 Å². The number of anilines is 1. The number of carbonyl (C=O) groups is 1. The van der Waals surface area contributed by atoms with Gasteiger partial charge in [-0.15, -0.1) is 0 Å². The number of alkyl halides is 6. The van der Waals surface area contributed by atoms with E-state index in [-0.39, 0.29) is 30.0 Å². The number of benzene rings is 1. The lowest BCUT2D eigenvalue weighted by Crippen LogP contribution is -2.38. The minimum Gasteiger partial charge on any atom is -0.352 e. The van der Waals surface area contributed by atoms with E-state index in [1.165, 1.54) is 0 Å². The van der Waals surface area contributed by atoms with Gasteiger partial charge in [-0.2, -0.15) is 31.3 Å². The van der Waals surface area contributed by atoms with E-state index in [1.807, 2.05) is 32.7 Å². The molecule has 1 aromatic heterocycles. The third-order valence-electron chi connectivity index (χ3n) is 6.14. The van der Waals surface area contributed by atoms with E-state index >= 15 is 0 Å². The van der Waals surface area contributed by atoms with Crippen molar-refractivity contribution < 1.29 is 35.7 Å². The minimum atomic E-state index is -5.01. The molecular formula is C23H28F6N4O2. The predicted octanol–water partition coefficient (Wildman–Crippen LogP) is 5.83. The van der Waals surface area contributed by atoms with Gasteiger partial charge in [0.05, 0.1) is 11.1 Å². The van der Waals surface area contributed by atoms with Crippen LogP contribution in [-0.2, 0) is 17.8 Å². The van der Waals surface area contributed by atoms with E-state index in [9.17, 15) is 31.1 Å². The SMILES string of the molecule is CN(c1noc(C(C)(C)C)n1)[C@H]1CC[C@H](CNC(=O)c2cc(C(F)(F)F)cc(C(F)(F)F)c2)CC1. The number of nitrogens with zero attached hydrogens (tertiary/aromatic N) is 3. The Hall–Kier alpha value is -2.79. The highest BCUT2D eigenvalue weighted by Crippen LogP contribution is 2.36. The molecule has 1 aliphatic carbocycles. The molecule has 1 aliphatic rings. The molecule has 194 valence electrons. The monoisotopic (exact) mass is 506 g/mol. The number of aromatic nitrogens is 2. The van der Waals surface area contributed by atoms with Crippen LogP contribution < -0.4 is 10.2 Å². The highest BCUT2D eigenvalue weighted by molar-refractivity contribution is 5.94. The molecule has 1 amide bonds. The second-order valence-electron chi connectivity index (χ2n) is 9.94. The molecule has 1 fully saturated rings. The minimum absolute atomic E-state index is 0.00271. The van der Waals surface area contributed by atoms with Gasteiger partial charge in [0, 0.05) is 30.6 Å². The van der Waals surface area contributed by atoms with Crippen molar-refractivity contribution in [1.82, 2.24) is 15.5 Å². The molecule has 0 saturated heterocycles. The maximum absolute atomic E-state index is 13.0. The van der Waals surface area contributed by atoms with Crippen molar-refractivity contribution in [3.8, 4) is 0 Å². The second-order valence-corrected chi connectivity index (χ2v) is 9.94. The lowest BCUT2D eigenvalue weighted by molar-refractivity contribution is -0.143. The molecule has 0 spiro atoms. The van der Waals surface area contributed by atoms with E-state index < -0.39 is 35.0 Å². The van der Waals surface area contributed by atoms with E-state index in [2.05, 4.69) is 15.5 Å². The van der Waals surface area contributed by atoms with Crippen LogP contribution in [0.25, 0.3) is 0 Å². The molecule has 12 heteroatoms. The van der Waals surface area contributed by atoms with Crippen molar-refractivity contribution in [3.05, 3.63) is 40.8 Å². The van der Waals surface area contributed by atoms with Crippen molar-refractivity contribution in [2.75, 3.05) is 18.5 Å². The third-order valence-corrected chi connectivity index (χ3v) is 6.14. The summed E-state index contributed by atoms with van der Waals surface area (Å²) in [4.78, 5) is 18.8. The number of halogens is 6. The number of hydrogen-bond acceptors (Lipinski definition) is 5. The molecule has 3 rings (SSSR count). The van der Waals surface area contributed by atoms with Crippen LogP contribution >= 0.6 is 0 Å². The molecule has 0 aliphatic heterocycles. The highest BCUT2D eigenvalue weighted by atomic mass is 19.4. The smallest absolute Gasteiger partial charge is 0.352 e. The van der Waals surface area contributed by atoms with Crippen molar-refractivity contribution in [3.63, 3.8) is 0 Å². The normalized spacial score (nSPS) is 19.5. The van der Waals surface area contributed by atoms with E-state index in [0.29, 0.717) is 24.0 Å². The molecule has 1 saturated carbocycles. The van der Waals surface area contributed by atoms with Gasteiger partial charge in [-0.25, -0.2) is 0 Å². The Kier molecular flexibility index (Phi) is 7.42. The van der Waals surface area contributed by atoms with E-state index in [1.54, 1.807) is 0 Å². The molecule has 0 unspecified atom stereocenters. The van der Waals surface area contributed by atoms with E-state index in [0.717, 1.165) is 25.7 Å². The Morgan fingerprint density at radius 1 is 1.00 bits per heavy atom. The van der Waals surface area contributed by atoms with Gasteiger partial charge in [0.15, 0.2) is 0 Å². The molecule has 6 nitrogen and oxygen atoms in total. The first-order valence-electron chi connectivity index (χ1n) is 11.2. The fourth-order valence-electron chi connectivity index (χ4n) is 3.99. The van der Waals surface area contributed by atoms with Crippen molar-refractivity contribution in [2.24, 2.45) is 5.92 Å². The zero-order valence-electron chi connectivity index (χ0n) is 19.8. The number of rotatable bonds is 5. The predicted molar refractivity (Wildman–Crippen MR) is 116 cm³/mol. The highest BCUT2D eigenvalue weighted by Gasteiger charge is 2.37. The van der Waals surface area contributed by atoms with Crippen LogP contribution in [0.15, 0.2) is 22.7 Å². The molecule has 0 radical (unpaired) electrons. The maximum atomic E-state index is 13.0. The van der Waals surface area contributed by atoms with Gasteiger partial charge in [-0.1, -0.05) is 20.8 Å². The van der Waals surface area contributed by atoms with Gasteiger partial charge in [0.1, 0.15) is 0 Å². The number of amides is 1. The lowest BCUT2D eigenvalue weighted by Gasteiger charge is -2.34. The first-order valence-corrected chi connectivity index (χ1v) is 11.2. The van der Waals surface area contributed by atoms with Gasteiger partial charge < -0.3 is 14.7 Å². The number of hydrogen-bond donors (Lipinski definition) is 1. The van der Waals surface area contributed by atoms with Gasteiger partial charge in [0.25, 0.3) is 11.9 Å². The summed E-state index contributed by atoms with van der Waals surface area (Å²) >= 11 is 0. The first kappa shape index (κ1) is 26.8. The average Bonchev–Trinajstić information content (AvgIpc) is 3.27. The van der Waals surface area contributed by atoms with Crippen LogP contribution in [0.4, 0.5) is 32.3 Å². The topological polar surface area (TPSA) is 71.3 Å². The van der Waals surface area contributed by atoms with Crippen LogP contribution in [0.1, 0.15) is 73.8 Å². The Balaban J connectivity index is 1.58. The van der Waals surface area contributed by atoms with Crippen LogP contribution in [0.5, 0.6) is 0 Å². The number of carbonyl (C=O) groups excluding carboxylic acids is 1. The number of nitrogens with one attached hydrogen (secondary N) is 1. The Morgan fingerprint density at radius 3 is 2.00 bits per heavy atom.